The molecule has 1 heterocycles. The SMILES string of the molecule is C=C(C=CC(Cl)=C(C)Cc1ccc(C2CCC3(CCC3)CC2)cc1)C1OC(CO)CC(O)C1O. The zero-order chi connectivity index (χ0) is 24.3. The van der Waals surface area contributed by atoms with Crippen LogP contribution in [-0.4, -0.2) is 46.3 Å². The molecule has 5 heteroatoms. The van der Waals surface area contributed by atoms with Crippen LogP contribution >= 0.6 is 11.6 Å². The molecule has 186 valence electrons. The summed E-state index contributed by atoms with van der Waals surface area (Å²) in [6, 6.07) is 9.04. The minimum absolute atomic E-state index is 0.200. The van der Waals surface area contributed by atoms with Crippen LogP contribution in [0.15, 0.2) is 59.2 Å². The minimum atomic E-state index is -1.08. The maximum absolute atomic E-state index is 10.3. The Morgan fingerprint density at radius 2 is 1.79 bits per heavy atom. The quantitative estimate of drug-likeness (QED) is 0.442. The number of hydrogen-bond donors (Lipinski definition) is 3. The van der Waals surface area contributed by atoms with Crippen molar-refractivity contribution in [1.29, 1.82) is 0 Å². The second-order valence-electron chi connectivity index (χ2n) is 10.7. The lowest BCUT2D eigenvalue weighted by Crippen LogP contribution is -2.49. The topological polar surface area (TPSA) is 69.9 Å². The summed E-state index contributed by atoms with van der Waals surface area (Å²) in [4.78, 5) is 0. The Hall–Kier alpha value is -1.43. The van der Waals surface area contributed by atoms with E-state index in [1.807, 2.05) is 6.92 Å². The van der Waals surface area contributed by atoms with Gasteiger partial charge < -0.3 is 20.1 Å². The zero-order valence-electron chi connectivity index (χ0n) is 20.3. The smallest absolute Gasteiger partial charge is 0.111 e. The van der Waals surface area contributed by atoms with Gasteiger partial charge in [0.1, 0.15) is 12.2 Å². The van der Waals surface area contributed by atoms with Crippen LogP contribution in [-0.2, 0) is 11.2 Å². The van der Waals surface area contributed by atoms with Crippen molar-refractivity contribution in [3.05, 3.63) is 70.3 Å². The van der Waals surface area contributed by atoms with Crippen LogP contribution in [0.2, 0.25) is 0 Å². The molecule has 1 aromatic carbocycles. The first-order valence-corrected chi connectivity index (χ1v) is 13.1. The molecule has 2 aliphatic carbocycles. The van der Waals surface area contributed by atoms with Crippen molar-refractivity contribution in [2.75, 3.05) is 6.61 Å². The predicted octanol–water partition coefficient (Wildman–Crippen LogP) is 5.55. The van der Waals surface area contributed by atoms with Crippen molar-refractivity contribution in [3.63, 3.8) is 0 Å². The Balaban J connectivity index is 1.32. The van der Waals surface area contributed by atoms with Crippen LogP contribution in [0, 0.1) is 5.41 Å². The van der Waals surface area contributed by atoms with Crippen LogP contribution in [0.25, 0.3) is 0 Å². The fraction of sp³-hybridized carbons (Fsp3) is 0.586. The van der Waals surface area contributed by atoms with E-state index in [1.54, 1.807) is 12.2 Å². The monoisotopic (exact) mass is 486 g/mol. The van der Waals surface area contributed by atoms with E-state index >= 15 is 0 Å². The van der Waals surface area contributed by atoms with E-state index in [4.69, 9.17) is 16.3 Å². The summed E-state index contributed by atoms with van der Waals surface area (Å²) in [6.45, 7) is 5.78. The molecule has 34 heavy (non-hydrogen) atoms. The molecule has 1 aliphatic heterocycles. The fourth-order valence-corrected chi connectivity index (χ4v) is 5.96. The van der Waals surface area contributed by atoms with Crippen LogP contribution in [0.1, 0.15) is 75.3 Å². The highest BCUT2D eigenvalue weighted by molar-refractivity contribution is 6.31. The number of ether oxygens (including phenoxy) is 1. The van der Waals surface area contributed by atoms with E-state index in [0.29, 0.717) is 21.9 Å². The van der Waals surface area contributed by atoms with Gasteiger partial charge >= 0.3 is 0 Å². The molecule has 4 rings (SSSR count). The van der Waals surface area contributed by atoms with Gasteiger partial charge in [-0.15, -0.1) is 0 Å². The largest absolute Gasteiger partial charge is 0.394 e. The third-order valence-corrected chi connectivity index (χ3v) is 8.80. The van der Waals surface area contributed by atoms with Gasteiger partial charge in [-0.2, -0.15) is 0 Å². The van der Waals surface area contributed by atoms with Gasteiger partial charge in [0.05, 0.1) is 18.8 Å². The Morgan fingerprint density at radius 3 is 2.38 bits per heavy atom. The molecule has 4 unspecified atom stereocenters. The summed E-state index contributed by atoms with van der Waals surface area (Å²) >= 11 is 6.54. The second-order valence-corrected chi connectivity index (χ2v) is 11.1. The van der Waals surface area contributed by atoms with Crippen molar-refractivity contribution in [2.45, 2.75) is 95.0 Å². The van der Waals surface area contributed by atoms with Gasteiger partial charge in [-0.1, -0.05) is 60.5 Å². The van der Waals surface area contributed by atoms with Crippen molar-refractivity contribution in [2.24, 2.45) is 5.41 Å². The lowest BCUT2D eigenvalue weighted by molar-refractivity contribution is -0.162. The average molecular weight is 487 g/mol. The lowest BCUT2D eigenvalue weighted by Gasteiger charge is -2.47. The summed E-state index contributed by atoms with van der Waals surface area (Å²) < 4.78 is 5.68. The van der Waals surface area contributed by atoms with Crippen molar-refractivity contribution < 1.29 is 20.1 Å². The molecule has 0 amide bonds. The first-order chi connectivity index (χ1) is 16.3. The zero-order valence-corrected chi connectivity index (χ0v) is 21.0. The third-order valence-electron chi connectivity index (χ3n) is 8.35. The number of aliphatic hydroxyl groups excluding tert-OH is 3. The Labute approximate surface area is 209 Å². The van der Waals surface area contributed by atoms with Crippen molar-refractivity contribution in [3.8, 4) is 0 Å². The molecule has 1 spiro atoms. The predicted molar refractivity (Wildman–Crippen MR) is 137 cm³/mol. The highest BCUT2D eigenvalue weighted by Gasteiger charge is 2.40. The standard InChI is InChI=1S/C29H39ClO4/c1-19(28-27(33)26(32)17-24(18-31)34-28)4-9-25(30)20(2)16-21-5-7-22(8-6-21)23-10-14-29(15-11-23)12-3-13-29/h4-9,23-24,26-28,31-33H,1,3,10-18H2,2H3. The average Bonchev–Trinajstić information content (AvgIpc) is 2.83. The summed E-state index contributed by atoms with van der Waals surface area (Å²) in [6.07, 6.45) is 10.9. The minimum Gasteiger partial charge on any atom is -0.394 e. The molecule has 0 bridgehead atoms. The molecule has 2 saturated carbocycles. The highest BCUT2D eigenvalue weighted by Crippen LogP contribution is 2.54. The van der Waals surface area contributed by atoms with E-state index in [0.717, 1.165) is 12.0 Å². The Bertz CT molecular complexity index is 905. The molecule has 1 aromatic rings. The van der Waals surface area contributed by atoms with Gasteiger partial charge in [0.2, 0.25) is 0 Å². The van der Waals surface area contributed by atoms with Crippen LogP contribution in [0.4, 0.5) is 0 Å². The van der Waals surface area contributed by atoms with Crippen molar-refractivity contribution >= 4 is 11.6 Å². The summed E-state index contributed by atoms with van der Waals surface area (Å²) in [5.74, 6) is 0.704. The summed E-state index contributed by atoms with van der Waals surface area (Å²) in [5.41, 5.74) is 4.96. The van der Waals surface area contributed by atoms with Crippen LogP contribution in [0.3, 0.4) is 0 Å². The molecule has 4 nitrogen and oxygen atoms in total. The van der Waals surface area contributed by atoms with Gasteiger partial charge in [-0.05, 0) is 86.0 Å². The molecule has 3 aliphatic rings. The highest BCUT2D eigenvalue weighted by atomic mass is 35.5. The fourth-order valence-electron chi connectivity index (χ4n) is 5.83. The van der Waals surface area contributed by atoms with Gasteiger partial charge in [-0.25, -0.2) is 0 Å². The molecule has 0 aromatic heterocycles. The van der Waals surface area contributed by atoms with Gasteiger partial charge in [0.25, 0.3) is 0 Å². The molecule has 3 fully saturated rings. The number of allylic oxidation sites excluding steroid dienone is 3. The maximum atomic E-state index is 10.3. The molecule has 0 radical (unpaired) electrons. The Morgan fingerprint density at radius 1 is 1.12 bits per heavy atom. The second kappa shape index (κ2) is 11.1. The van der Waals surface area contributed by atoms with E-state index in [-0.39, 0.29) is 13.0 Å². The van der Waals surface area contributed by atoms with E-state index in [2.05, 4.69) is 30.8 Å². The molecule has 3 N–H and O–H groups in total. The van der Waals surface area contributed by atoms with E-state index in [9.17, 15) is 15.3 Å². The molecule has 4 atom stereocenters. The van der Waals surface area contributed by atoms with E-state index in [1.165, 1.54) is 56.1 Å². The molecular formula is C29H39ClO4. The van der Waals surface area contributed by atoms with Crippen molar-refractivity contribution in [1.82, 2.24) is 0 Å². The maximum Gasteiger partial charge on any atom is 0.111 e. The number of benzene rings is 1. The van der Waals surface area contributed by atoms with E-state index < -0.39 is 24.4 Å². The molecular weight excluding hydrogens is 448 g/mol. The normalized spacial score (nSPS) is 30.3. The number of rotatable bonds is 7. The van der Waals surface area contributed by atoms with Crippen LogP contribution in [0.5, 0.6) is 0 Å². The first kappa shape index (κ1) is 25.7. The van der Waals surface area contributed by atoms with Gasteiger partial charge in [0.15, 0.2) is 0 Å². The Kier molecular flexibility index (Phi) is 8.37. The van der Waals surface area contributed by atoms with Gasteiger partial charge in [0, 0.05) is 11.5 Å². The summed E-state index contributed by atoms with van der Waals surface area (Å²) in [5, 5.41) is 30.3. The first-order valence-electron chi connectivity index (χ1n) is 12.7. The summed E-state index contributed by atoms with van der Waals surface area (Å²) in [7, 11) is 0. The lowest BCUT2D eigenvalue weighted by atomic mass is 9.58. The van der Waals surface area contributed by atoms with Crippen LogP contribution < -0.4 is 0 Å². The third kappa shape index (κ3) is 5.85. The number of hydrogen-bond acceptors (Lipinski definition) is 4. The van der Waals surface area contributed by atoms with Gasteiger partial charge in [-0.3, -0.25) is 0 Å². The number of aliphatic hydroxyl groups is 3. The molecule has 1 saturated heterocycles. The number of halogens is 1.